The van der Waals surface area contributed by atoms with Crippen LogP contribution in [-0.2, 0) is 16.6 Å². The molecule has 0 saturated heterocycles. The number of hydrogen-bond acceptors (Lipinski definition) is 4. The van der Waals surface area contributed by atoms with Gasteiger partial charge in [0.1, 0.15) is 5.75 Å². The Bertz CT molecular complexity index is 458. The minimum atomic E-state index is -3.33. The summed E-state index contributed by atoms with van der Waals surface area (Å²) in [6.45, 7) is 0.0719. The molecule has 0 bridgehead atoms. The largest absolute Gasteiger partial charge is 0.496 e. The highest BCUT2D eigenvalue weighted by Crippen LogP contribution is 2.20. The molecule has 1 aromatic carbocycles. The van der Waals surface area contributed by atoms with Crippen molar-refractivity contribution in [2.24, 2.45) is 0 Å². The maximum atomic E-state index is 11.5. The number of rotatable bonds is 6. The van der Waals surface area contributed by atoms with E-state index in [2.05, 4.69) is 0 Å². The van der Waals surface area contributed by atoms with E-state index in [1.807, 2.05) is 12.1 Å². The number of benzene rings is 1. The maximum absolute atomic E-state index is 11.5. The smallest absolute Gasteiger partial charge is 0.211 e. The van der Waals surface area contributed by atoms with Crippen LogP contribution in [0, 0.1) is 0 Å². The van der Waals surface area contributed by atoms with Gasteiger partial charge < -0.3 is 9.84 Å². The maximum Gasteiger partial charge on any atom is 0.211 e. The van der Waals surface area contributed by atoms with Gasteiger partial charge in [-0.15, -0.1) is 0 Å². The van der Waals surface area contributed by atoms with Gasteiger partial charge in [-0.3, -0.25) is 0 Å². The van der Waals surface area contributed by atoms with Crippen LogP contribution in [0.1, 0.15) is 5.56 Å². The Labute approximate surface area is 102 Å². The molecule has 1 rings (SSSR count). The van der Waals surface area contributed by atoms with Crippen molar-refractivity contribution in [3.63, 3.8) is 0 Å². The fraction of sp³-hybridized carbons (Fsp3) is 0.455. The van der Waals surface area contributed by atoms with Crippen LogP contribution >= 0.6 is 0 Å². The first-order valence-electron chi connectivity index (χ1n) is 5.17. The molecule has 0 saturated carbocycles. The second-order valence-electron chi connectivity index (χ2n) is 3.63. The molecular formula is C11H17NO4S. The van der Waals surface area contributed by atoms with Crippen molar-refractivity contribution >= 4 is 10.0 Å². The third kappa shape index (κ3) is 3.99. The van der Waals surface area contributed by atoms with Crippen molar-refractivity contribution in [3.8, 4) is 5.75 Å². The molecular weight excluding hydrogens is 242 g/mol. The minimum Gasteiger partial charge on any atom is -0.496 e. The van der Waals surface area contributed by atoms with E-state index in [4.69, 9.17) is 9.84 Å². The number of methoxy groups -OCH3 is 1. The molecule has 0 aliphatic carbocycles. The molecule has 0 aliphatic rings. The van der Waals surface area contributed by atoms with E-state index in [0.29, 0.717) is 5.75 Å². The molecule has 17 heavy (non-hydrogen) atoms. The zero-order valence-corrected chi connectivity index (χ0v) is 10.8. The van der Waals surface area contributed by atoms with Crippen molar-refractivity contribution in [1.29, 1.82) is 0 Å². The van der Waals surface area contributed by atoms with Crippen molar-refractivity contribution in [2.45, 2.75) is 6.54 Å². The zero-order chi connectivity index (χ0) is 12.9. The SMILES string of the molecule is COc1ccccc1CN(CCO)S(C)(=O)=O. The summed E-state index contributed by atoms with van der Waals surface area (Å²) in [6.07, 6.45) is 1.12. The highest BCUT2D eigenvalue weighted by Gasteiger charge is 2.17. The molecule has 6 heteroatoms. The van der Waals surface area contributed by atoms with Crippen molar-refractivity contribution < 1.29 is 18.3 Å². The van der Waals surface area contributed by atoms with Crippen LogP contribution in [0.5, 0.6) is 5.75 Å². The molecule has 0 fully saturated rings. The third-order valence-electron chi connectivity index (χ3n) is 2.36. The summed E-state index contributed by atoms with van der Waals surface area (Å²) in [6, 6.07) is 7.21. The number of aliphatic hydroxyl groups excluding tert-OH is 1. The van der Waals surface area contributed by atoms with Gasteiger partial charge in [0.05, 0.1) is 20.0 Å². The van der Waals surface area contributed by atoms with Crippen molar-refractivity contribution in [2.75, 3.05) is 26.5 Å². The molecule has 0 spiro atoms. The fourth-order valence-electron chi connectivity index (χ4n) is 1.50. The van der Waals surface area contributed by atoms with Gasteiger partial charge >= 0.3 is 0 Å². The zero-order valence-electron chi connectivity index (χ0n) is 9.96. The average Bonchev–Trinajstić information content (AvgIpc) is 2.28. The quantitative estimate of drug-likeness (QED) is 0.805. The molecule has 0 aromatic heterocycles. The molecule has 1 aromatic rings. The van der Waals surface area contributed by atoms with Gasteiger partial charge in [-0.2, -0.15) is 4.31 Å². The Balaban J connectivity index is 2.94. The lowest BCUT2D eigenvalue weighted by Crippen LogP contribution is -2.32. The van der Waals surface area contributed by atoms with Crippen molar-refractivity contribution in [3.05, 3.63) is 29.8 Å². The first-order valence-corrected chi connectivity index (χ1v) is 7.01. The van der Waals surface area contributed by atoms with E-state index < -0.39 is 10.0 Å². The number of sulfonamides is 1. The predicted molar refractivity (Wildman–Crippen MR) is 65.3 cm³/mol. The Morgan fingerprint density at radius 1 is 1.35 bits per heavy atom. The van der Waals surface area contributed by atoms with Gasteiger partial charge in [0.15, 0.2) is 0 Å². The summed E-state index contributed by atoms with van der Waals surface area (Å²) in [5.41, 5.74) is 0.772. The Hall–Kier alpha value is -1.11. The van der Waals surface area contributed by atoms with Crippen LogP contribution < -0.4 is 4.74 Å². The Morgan fingerprint density at radius 2 is 2.00 bits per heavy atom. The van der Waals surface area contributed by atoms with Gasteiger partial charge in [0, 0.05) is 18.7 Å². The van der Waals surface area contributed by atoms with E-state index in [0.717, 1.165) is 11.8 Å². The number of aliphatic hydroxyl groups is 1. The van der Waals surface area contributed by atoms with Gasteiger partial charge in [-0.25, -0.2) is 8.42 Å². The summed E-state index contributed by atoms with van der Waals surface area (Å²) in [7, 11) is -1.80. The van der Waals surface area contributed by atoms with Gasteiger partial charge in [0.2, 0.25) is 10.0 Å². The van der Waals surface area contributed by atoms with Gasteiger partial charge in [-0.05, 0) is 6.07 Å². The highest BCUT2D eigenvalue weighted by molar-refractivity contribution is 7.88. The van der Waals surface area contributed by atoms with Gasteiger partial charge in [-0.1, -0.05) is 18.2 Å². The normalized spacial score (nSPS) is 11.8. The number of nitrogens with zero attached hydrogens (tertiary/aromatic N) is 1. The number of ether oxygens (including phenoxy) is 1. The first kappa shape index (κ1) is 14.0. The van der Waals surface area contributed by atoms with Crippen LogP contribution in [0.2, 0.25) is 0 Å². The second kappa shape index (κ2) is 6.00. The molecule has 0 aliphatic heterocycles. The molecule has 0 heterocycles. The average molecular weight is 259 g/mol. The van der Waals surface area contributed by atoms with E-state index in [-0.39, 0.29) is 19.7 Å². The lowest BCUT2D eigenvalue weighted by atomic mass is 10.2. The molecule has 0 atom stereocenters. The van der Waals surface area contributed by atoms with E-state index in [1.165, 1.54) is 11.4 Å². The molecule has 5 nitrogen and oxygen atoms in total. The van der Waals surface area contributed by atoms with Crippen molar-refractivity contribution in [1.82, 2.24) is 4.31 Å². The lowest BCUT2D eigenvalue weighted by Gasteiger charge is -2.20. The third-order valence-corrected chi connectivity index (χ3v) is 3.61. The number of para-hydroxylation sites is 1. The van der Waals surface area contributed by atoms with E-state index >= 15 is 0 Å². The lowest BCUT2D eigenvalue weighted by molar-refractivity contribution is 0.250. The molecule has 1 N–H and O–H groups in total. The summed E-state index contributed by atoms with van der Waals surface area (Å²) in [5, 5.41) is 8.87. The molecule has 0 radical (unpaired) electrons. The van der Waals surface area contributed by atoms with Gasteiger partial charge in [0.25, 0.3) is 0 Å². The summed E-state index contributed by atoms with van der Waals surface area (Å²) >= 11 is 0. The molecule has 96 valence electrons. The first-order chi connectivity index (χ1) is 7.99. The van der Waals surface area contributed by atoms with E-state index in [1.54, 1.807) is 12.1 Å². The predicted octanol–water partition coefficient (Wildman–Crippen LogP) is 0.449. The number of hydrogen-bond donors (Lipinski definition) is 1. The van der Waals surface area contributed by atoms with E-state index in [9.17, 15) is 8.42 Å². The van der Waals surface area contributed by atoms with Crippen LogP contribution in [-0.4, -0.2) is 44.3 Å². The van der Waals surface area contributed by atoms with Crippen LogP contribution in [0.25, 0.3) is 0 Å². The Kier molecular flexibility index (Phi) is 4.92. The summed E-state index contributed by atoms with van der Waals surface area (Å²) in [5.74, 6) is 0.638. The van der Waals surface area contributed by atoms with Crippen LogP contribution in [0.15, 0.2) is 24.3 Å². The molecule has 0 unspecified atom stereocenters. The standard InChI is InChI=1S/C11H17NO4S/c1-16-11-6-4-3-5-10(11)9-12(7-8-13)17(2,14)15/h3-6,13H,7-9H2,1-2H3. The highest BCUT2D eigenvalue weighted by atomic mass is 32.2. The summed E-state index contributed by atoms with van der Waals surface area (Å²) in [4.78, 5) is 0. The van der Waals surface area contributed by atoms with Crippen LogP contribution in [0.3, 0.4) is 0 Å². The fourth-order valence-corrected chi connectivity index (χ4v) is 2.28. The summed E-state index contributed by atoms with van der Waals surface area (Å²) < 4.78 is 29.4. The second-order valence-corrected chi connectivity index (χ2v) is 5.61. The monoisotopic (exact) mass is 259 g/mol. The Morgan fingerprint density at radius 3 is 2.53 bits per heavy atom. The molecule has 0 amide bonds. The van der Waals surface area contributed by atoms with Crippen LogP contribution in [0.4, 0.5) is 0 Å². The minimum absolute atomic E-state index is 0.0802. The topological polar surface area (TPSA) is 66.8 Å².